The summed E-state index contributed by atoms with van der Waals surface area (Å²) in [5.74, 6) is 0.126. The van der Waals surface area contributed by atoms with E-state index in [0.717, 1.165) is 67.2 Å². The molecule has 42 heavy (non-hydrogen) atoms. The van der Waals surface area contributed by atoms with E-state index >= 15 is 0 Å². The second-order valence-electron chi connectivity index (χ2n) is 15.0. The summed E-state index contributed by atoms with van der Waals surface area (Å²) < 4.78 is 5.57. The summed E-state index contributed by atoms with van der Waals surface area (Å²) in [5, 5.41) is 9.60. The number of aliphatic hydroxyl groups is 1. The fourth-order valence-corrected chi connectivity index (χ4v) is 6.02. The molecule has 4 nitrogen and oxygen atoms in total. The molecule has 4 heteroatoms. The van der Waals surface area contributed by atoms with E-state index in [1.807, 2.05) is 24.3 Å². The highest BCUT2D eigenvalue weighted by Crippen LogP contribution is 2.42. The van der Waals surface area contributed by atoms with Gasteiger partial charge in [0.1, 0.15) is 0 Å². The molecule has 2 aliphatic rings. The molecule has 0 saturated heterocycles. The van der Waals surface area contributed by atoms with Crippen LogP contribution in [0.3, 0.4) is 0 Å². The number of Topliss-reactive ketones (excluding diaryl/α,β-unsaturated/α-hetero) is 2. The Morgan fingerprint density at radius 1 is 0.690 bits per heavy atom. The number of aliphatic hydroxyl groups excluding tert-OH is 1. The van der Waals surface area contributed by atoms with E-state index in [9.17, 15) is 14.7 Å². The highest BCUT2D eigenvalue weighted by Gasteiger charge is 2.33. The number of carbonyl (C=O) groups is 2. The van der Waals surface area contributed by atoms with Crippen LogP contribution in [0.5, 0.6) is 0 Å². The molecule has 0 fully saturated rings. The van der Waals surface area contributed by atoms with Gasteiger partial charge in [-0.2, -0.15) is 0 Å². The number of allylic oxidation sites excluding steroid dienone is 8. The van der Waals surface area contributed by atoms with Crippen molar-refractivity contribution in [3.63, 3.8) is 0 Å². The molecule has 0 unspecified atom stereocenters. The molecule has 1 N–H and O–H groups in total. The largest absolute Gasteiger partial charge is 0.396 e. The third-order valence-corrected chi connectivity index (χ3v) is 8.71. The van der Waals surface area contributed by atoms with Gasteiger partial charge >= 0.3 is 0 Å². The Bertz CT molecular complexity index is 1180. The summed E-state index contributed by atoms with van der Waals surface area (Å²) in [6.45, 7) is 17.1. The number of unbranched alkanes of at least 4 members (excludes halogenated alkanes) is 2. The third-order valence-electron chi connectivity index (χ3n) is 8.71. The Balaban J connectivity index is 1.85. The van der Waals surface area contributed by atoms with Gasteiger partial charge in [0, 0.05) is 35.7 Å². The summed E-state index contributed by atoms with van der Waals surface area (Å²) in [4.78, 5) is 27.9. The normalized spacial score (nSPS) is 18.8. The molecule has 0 amide bonds. The van der Waals surface area contributed by atoms with Gasteiger partial charge < -0.3 is 9.84 Å². The first kappa shape index (κ1) is 33.9. The highest BCUT2D eigenvalue weighted by molar-refractivity contribution is 6.34. The lowest BCUT2D eigenvalue weighted by atomic mass is 9.74. The van der Waals surface area contributed by atoms with Gasteiger partial charge in [0.05, 0.1) is 5.60 Å². The molecule has 3 rings (SSSR count). The zero-order chi connectivity index (χ0) is 31.3. The predicted molar refractivity (Wildman–Crippen MR) is 175 cm³/mol. The quantitative estimate of drug-likeness (QED) is 0.225. The van der Waals surface area contributed by atoms with E-state index in [1.54, 1.807) is 7.11 Å². The number of benzene rings is 1. The van der Waals surface area contributed by atoms with Crippen LogP contribution in [0.4, 0.5) is 0 Å². The molecule has 2 aliphatic carbocycles. The zero-order valence-corrected chi connectivity index (χ0v) is 27.7. The van der Waals surface area contributed by atoms with E-state index in [1.165, 1.54) is 0 Å². The van der Waals surface area contributed by atoms with E-state index in [2.05, 4.69) is 79.7 Å². The molecule has 0 radical (unpaired) electrons. The minimum atomic E-state index is -0.276. The molecule has 1 aromatic rings. The van der Waals surface area contributed by atoms with Crippen molar-refractivity contribution in [2.45, 2.75) is 112 Å². The average Bonchev–Trinajstić information content (AvgIpc) is 2.92. The monoisotopic (exact) mass is 574 g/mol. The molecule has 230 valence electrons. The topological polar surface area (TPSA) is 63.6 Å². The number of rotatable bonds is 14. The highest BCUT2D eigenvalue weighted by atomic mass is 16.5. The molecule has 0 atom stereocenters. The zero-order valence-electron chi connectivity index (χ0n) is 27.7. The SMILES string of the molecule is COC(C)(C)CCCCC1=CC(C)(C)C=C(c2ccccc2C2=CC(C)(C)C=C(CCCCC(C)(C)CO)C2=O)C1=O. The minimum absolute atomic E-state index is 0.0582. The maximum absolute atomic E-state index is 14.0. The van der Waals surface area contributed by atoms with Crippen molar-refractivity contribution in [1.29, 1.82) is 0 Å². The standard InChI is InChI=1S/C38H54O4/c1-35(2,26-39)20-14-12-16-27-22-36(3,4)24-31(33(27)40)29-18-10-11-19-30(29)32-25-37(5,6)23-28(34(32)41)17-13-15-21-38(7,8)42-9/h10-11,18-19,22-25,39H,12-17,20-21,26H2,1-9H3. The van der Waals surface area contributed by atoms with Gasteiger partial charge in [-0.15, -0.1) is 0 Å². The number of methoxy groups -OCH3 is 1. The Hall–Kier alpha value is -2.56. The van der Waals surface area contributed by atoms with Crippen LogP contribution in [0, 0.1) is 16.2 Å². The number of hydrogen-bond acceptors (Lipinski definition) is 4. The van der Waals surface area contributed by atoms with Crippen LogP contribution in [-0.4, -0.2) is 36.0 Å². The lowest BCUT2D eigenvalue weighted by Crippen LogP contribution is -2.23. The van der Waals surface area contributed by atoms with Gasteiger partial charge in [-0.3, -0.25) is 9.59 Å². The van der Waals surface area contributed by atoms with Crippen LogP contribution < -0.4 is 0 Å². The summed E-state index contributed by atoms with van der Waals surface area (Å²) >= 11 is 0. The van der Waals surface area contributed by atoms with E-state index in [4.69, 9.17) is 4.74 Å². The molecule has 0 saturated carbocycles. The van der Waals surface area contributed by atoms with Gasteiger partial charge in [-0.25, -0.2) is 0 Å². The van der Waals surface area contributed by atoms with Crippen LogP contribution in [-0.2, 0) is 14.3 Å². The molecule has 0 aromatic heterocycles. The van der Waals surface area contributed by atoms with Gasteiger partial charge in [-0.1, -0.05) is 103 Å². The van der Waals surface area contributed by atoms with Crippen molar-refractivity contribution >= 4 is 22.7 Å². The number of ketones is 2. The van der Waals surface area contributed by atoms with Crippen LogP contribution in [0.2, 0.25) is 0 Å². The average molecular weight is 575 g/mol. The maximum Gasteiger partial charge on any atom is 0.189 e. The van der Waals surface area contributed by atoms with Crippen molar-refractivity contribution in [1.82, 2.24) is 0 Å². The second-order valence-corrected chi connectivity index (χ2v) is 15.0. The van der Waals surface area contributed by atoms with Crippen molar-refractivity contribution in [3.05, 3.63) is 70.8 Å². The summed E-state index contributed by atoms with van der Waals surface area (Å²) in [6, 6.07) is 7.91. The molecule has 0 bridgehead atoms. The van der Waals surface area contributed by atoms with E-state index in [0.29, 0.717) is 17.6 Å². The smallest absolute Gasteiger partial charge is 0.189 e. The van der Waals surface area contributed by atoms with Gasteiger partial charge in [0.25, 0.3) is 0 Å². The van der Waals surface area contributed by atoms with Crippen LogP contribution >= 0.6 is 0 Å². The number of hydrogen-bond donors (Lipinski definition) is 1. The number of ether oxygens (including phenoxy) is 1. The van der Waals surface area contributed by atoms with Crippen molar-refractivity contribution in [2.75, 3.05) is 13.7 Å². The third kappa shape index (κ3) is 8.97. The van der Waals surface area contributed by atoms with Crippen LogP contribution in [0.1, 0.15) is 118 Å². The van der Waals surface area contributed by atoms with Crippen molar-refractivity contribution in [2.24, 2.45) is 16.2 Å². The van der Waals surface area contributed by atoms with Gasteiger partial charge in [0.2, 0.25) is 0 Å². The first-order chi connectivity index (χ1) is 19.5. The Morgan fingerprint density at radius 2 is 1.12 bits per heavy atom. The fraction of sp³-hybridized carbons (Fsp3) is 0.579. The second kappa shape index (κ2) is 13.4. The molecular formula is C38H54O4. The van der Waals surface area contributed by atoms with Crippen molar-refractivity contribution in [3.8, 4) is 0 Å². The lowest BCUT2D eigenvalue weighted by Gasteiger charge is -2.29. The molecular weight excluding hydrogens is 520 g/mol. The van der Waals surface area contributed by atoms with Crippen LogP contribution in [0.15, 0.2) is 59.7 Å². The summed E-state index contributed by atoms with van der Waals surface area (Å²) in [6.07, 6.45) is 15.5. The maximum atomic E-state index is 14.0. The van der Waals surface area contributed by atoms with E-state index < -0.39 is 0 Å². The summed E-state index contributed by atoms with van der Waals surface area (Å²) in [5.41, 5.74) is 3.95. The Kier molecular flexibility index (Phi) is 10.8. The van der Waals surface area contributed by atoms with Crippen LogP contribution in [0.25, 0.3) is 11.1 Å². The molecule has 0 aliphatic heterocycles. The minimum Gasteiger partial charge on any atom is -0.396 e. The predicted octanol–water partition coefficient (Wildman–Crippen LogP) is 9.09. The van der Waals surface area contributed by atoms with Gasteiger partial charge in [0.15, 0.2) is 11.6 Å². The lowest BCUT2D eigenvalue weighted by molar-refractivity contribution is -0.111. The first-order valence-electron chi connectivity index (χ1n) is 15.7. The Morgan fingerprint density at radius 3 is 1.52 bits per heavy atom. The van der Waals surface area contributed by atoms with Crippen molar-refractivity contribution < 1.29 is 19.4 Å². The molecule has 0 spiro atoms. The number of carbonyl (C=O) groups excluding carboxylic acids is 2. The van der Waals surface area contributed by atoms with Gasteiger partial charge in [-0.05, 0) is 80.1 Å². The fourth-order valence-electron chi connectivity index (χ4n) is 6.02. The summed E-state index contributed by atoms with van der Waals surface area (Å²) in [7, 11) is 1.75. The first-order valence-corrected chi connectivity index (χ1v) is 15.7. The van der Waals surface area contributed by atoms with E-state index in [-0.39, 0.29) is 40.0 Å². The Labute approximate surface area is 255 Å². The molecule has 1 aromatic carbocycles. The molecule has 0 heterocycles.